The molecule has 1 aromatic carbocycles. The van der Waals surface area contributed by atoms with Gasteiger partial charge in [0.2, 0.25) is 5.91 Å². The lowest BCUT2D eigenvalue weighted by Crippen LogP contribution is -2.48. The van der Waals surface area contributed by atoms with Gasteiger partial charge in [-0.05, 0) is 35.7 Å². The van der Waals surface area contributed by atoms with Crippen LogP contribution in [0.1, 0.15) is 9.67 Å². The Labute approximate surface area is 142 Å². The number of ketones is 1. The lowest BCUT2D eigenvalue weighted by atomic mass is 10.2. The molecule has 0 saturated carbocycles. The summed E-state index contributed by atoms with van der Waals surface area (Å²) >= 11 is 1.12. The van der Waals surface area contributed by atoms with Gasteiger partial charge in [-0.2, -0.15) is 0 Å². The molecular weight excluding hydrogens is 332 g/mol. The van der Waals surface area contributed by atoms with Crippen LogP contribution in [0.5, 0.6) is 5.75 Å². The van der Waals surface area contributed by atoms with Crippen LogP contribution in [0.2, 0.25) is 0 Å². The van der Waals surface area contributed by atoms with Crippen LogP contribution in [0.25, 0.3) is 0 Å². The fourth-order valence-electron chi connectivity index (χ4n) is 1.84. The van der Waals surface area contributed by atoms with Crippen molar-refractivity contribution >= 4 is 34.6 Å². The van der Waals surface area contributed by atoms with Gasteiger partial charge in [0, 0.05) is 5.69 Å². The second-order valence-electron chi connectivity index (χ2n) is 4.73. The van der Waals surface area contributed by atoms with Crippen LogP contribution in [0.3, 0.4) is 0 Å². The number of hydrogen-bond donors (Lipinski definition) is 3. The van der Waals surface area contributed by atoms with Crippen LogP contribution in [0.15, 0.2) is 41.8 Å². The highest BCUT2D eigenvalue weighted by atomic mass is 32.1. The summed E-state index contributed by atoms with van der Waals surface area (Å²) < 4.78 is 5.01. The molecule has 3 N–H and O–H groups in total. The van der Waals surface area contributed by atoms with Gasteiger partial charge < -0.3 is 20.5 Å². The number of nitrogens with one attached hydrogen (secondary N) is 2. The molecule has 2 amide bonds. The van der Waals surface area contributed by atoms with Crippen molar-refractivity contribution in [3.63, 3.8) is 0 Å². The van der Waals surface area contributed by atoms with Crippen LogP contribution < -0.4 is 15.4 Å². The predicted octanol–water partition coefficient (Wildman–Crippen LogP) is 1.06. The molecule has 0 spiro atoms. The highest BCUT2D eigenvalue weighted by Gasteiger charge is 2.25. The van der Waals surface area contributed by atoms with Crippen molar-refractivity contribution in [3.05, 3.63) is 46.7 Å². The monoisotopic (exact) mass is 348 g/mol. The summed E-state index contributed by atoms with van der Waals surface area (Å²) in [4.78, 5) is 36.1. The maximum absolute atomic E-state index is 12.1. The van der Waals surface area contributed by atoms with Crippen LogP contribution in [0, 0.1) is 0 Å². The first-order chi connectivity index (χ1) is 11.5. The van der Waals surface area contributed by atoms with Crippen molar-refractivity contribution in [2.24, 2.45) is 0 Å². The Balaban J connectivity index is 1.97. The minimum absolute atomic E-state index is 0.264. The minimum Gasteiger partial charge on any atom is -0.497 e. The van der Waals surface area contributed by atoms with Crippen molar-refractivity contribution in [3.8, 4) is 5.75 Å². The van der Waals surface area contributed by atoms with Gasteiger partial charge in [0.15, 0.2) is 0 Å². The molecule has 0 aliphatic rings. The number of hydrogen-bond acceptors (Lipinski definition) is 6. The van der Waals surface area contributed by atoms with Gasteiger partial charge in [0.1, 0.15) is 11.8 Å². The zero-order chi connectivity index (χ0) is 17.5. The number of carbonyl (C=O) groups excluding carboxylic acids is 3. The Morgan fingerprint density at radius 2 is 1.92 bits per heavy atom. The Kier molecular flexibility index (Phi) is 6.05. The molecule has 24 heavy (non-hydrogen) atoms. The summed E-state index contributed by atoms with van der Waals surface area (Å²) in [5, 5.41) is 15.8. The van der Waals surface area contributed by atoms with E-state index >= 15 is 0 Å². The smallest absolute Gasteiger partial charge is 0.293 e. The average molecular weight is 348 g/mol. The molecule has 0 aliphatic carbocycles. The summed E-state index contributed by atoms with van der Waals surface area (Å²) in [6.45, 7) is -0.633. The van der Waals surface area contributed by atoms with Gasteiger partial charge in [-0.25, -0.2) is 0 Å². The van der Waals surface area contributed by atoms with Crippen molar-refractivity contribution in [1.82, 2.24) is 5.32 Å². The van der Waals surface area contributed by atoms with E-state index in [1.54, 1.807) is 35.7 Å². The first-order valence-corrected chi connectivity index (χ1v) is 7.87. The number of methoxy groups -OCH3 is 1. The molecule has 1 aromatic heterocycles. The van der Waals surface area contributed by atoms with Crippen LogP contribution >= 0.6 is 11.3 Å². The number of benzene rings is 1. The summed E-state index contributed by atoms with van der Waals surface area (Å²) in [6, 6.07) is 8.46. The van der Waals surface area contributed by atoms with E-state index in [0.717, 1.165) is 11.3 Å². The zero-order valence-electron chi connectivity index (χ0n) is 12.8. The largest absolute Gasteiger partial charge is 0.497 e. The Morgan fingerprint density at radius 1 is 1.21 bits per heavy atom. The van der Waals surface area contributed by atoms with Crippen LogP contribution in [0.4, 0.5) is 5.69 Å². The van der Waals surface area contributed by atoms with Gasteiger partial charge in [0.05, 0.1) is 18.6 Å². The van der Waals surface area contributed by atoms with E-state index in [4.69, 9.17) is 4.74 Å². The molecular formula is C16H16N2O5S. The maximum atomic E-state index is 12.1. The number of Topliss-reactive ketones (excluding diaryl/α,β-unsaturated/α-hetero) is 1. The lowest BCUT2D eigenvalue weighted by molar-refractivity contribution is -0.124. The maximum Gasteiger partial charge on any atom is 0.293 e. The number of anilines is 1. The fraction of sp³-hybridized carbons (Fsp3) is 0.188. The summed E-state index contributed by atoms with van der Waals surface area (Å²) in [5.41, 5.74) is 0.470. The molecule has 0 radical (unpaired) electrons. The number of carbonyl (C=O) groups is 3. The van der Waals surface area contributed by atoms with Crippen molar-refractivity contribution in [2.45, 2.75) is 6.04 Å². The van der Waals surface area contributed by atoms with E-state index in [-0.39, 0.29) is 4.88 Å². The van der Waals surface area contributed by atoms with Crippen molar-refractivity contribution in [1.29, 1.82) is 0 Å². The molecule has 1 atom stereocenters. The molecule has 0 aliphatic heterocycles. The standard InChI is InChI=1S/C16H16N2O5S/c1-23-11-6-4-10(5-7-11)17-15(21)12(9-19)18-16(22)14(20)13-3-2-8-24-13/h2-8,12,19H,9H2,1H3,(H,17,21)(H,18,22). The summed E-state index contributed by atoms with van der Waals surface area (Å²) in [5.74, 6) is -1.70. The van der Waals surface area contributed by atoms with Gasteiger partial charge in [-0.15, -0.1) is 11.3 Å². The summed E-state index contributed by atoms with van der Waals surface area (Å²) in [7, 11) is 1.52. The van der Waals surface area contributed by atoms with E-state index < -0.39 is 30.2 Å². The number of amides is 2. The van der Waals surface area contributed by atoms with Gasteiger partial charge in [0.25, 0.3) is 11.7 Å². The van der Waals surface area contributed by atoms with Gasteiger partial charge >= 0.3 is 0 Å². The third-order valence-corrected chi connectivity index (χ3v) is 3.98. The molecule has 0 fully saturated rings. The molecule has 0 bridgehead atoms. The minimum atomic E-state index is -1.23. The molecule has 7 nitrogen and oxygen atoms in total. The quantitative estimate of drug-likeness (QED) is 0.512. The number of aliphatic hydroxyl groups excluding tert-OH is 1. The van der Waals surface area contributed by atoms with Gasteiger partial charge in [-0.1, -0.05) is 6.07 Å². The third kappa shape index (κ3) is 4.40. The molecule has 2 rings (SSSR count). The van der Waals surface area contributed by atoms with E-state index in [9.17, 15) is 19.5 Å². The predicted molar refractivity (Wildman–Crippen MR) is 89.3 cm³/mol. The SMILES string of the molecule is COc1ccc(NC(=O)C(CO)NC(=O)C(=O)c2cccs2)cc1. The molecule has 0 saturated heterocycles. The van der Waals surface area contributed by atoms with Crippen molar-refractivity contribution < 1.29 is 24.2 Å². The molecule has 1 unspecified atom stereocenters. The van der Waals surface area contributed by atoms with Crippen molar-refractivity contribution in [2.75, 3.05) is 19.0 Å². The third-order valence-electron chi connectivity index (χ3n) is 3.11. The first kappa shape index (κ1) is 17.6. The Bertz CT molecular complexity index is 713. The van der Waals surface area contributed by atoms with Crippen LogP contribution in [-0.2, 0) is 9.59 Å². The number of rotatable bonds is 7. The van der Waals surface area contributed by atoms with E-state index in [1.165, 1.54) is 13.2 Å². The molecule has 1 heterocycles. The Hall–Kier alpha value is -2.71. The highest BCUT2D eigenvalue weighted by molar-refractivity contribution is 7.13. The molecule has 8 heteroatoms. The first-order valence-electron chi connectivity index (χ1n) is 6.99. The Morgan fingerprint density at radius 3 is 2.46 bits per heavy atom. The number of thiophene rings is 1. The topological polar surface area (TPSA) is 105 Å². The lowest BCUT2D eigenvalue weighted by Gasteiger charge is -2.15. The zero-order valence-corrected chi connectivity index (χ0v) is 13.6. The second-order valence-corrected chi connectivity index (χ2v) is 5.68. The second kappa shape index (κ2) is 8.23. The van der Waals surface area contributed by atoms with E-state index in [0.29, 0.717) is 11.4 Å². The molecule has 2 aromatic rings. The van der Waals surface area contributed by atoms with Gasteiger partial charge in [-0.3, -0.25) is 14.4 Å². The van der Waals surface area contributed by atoms with E-state index in [2.05, 4.69) is 10.6 Å². The summed E-state index contributed by atoms with van der Waals surface area (Å²) in [6.07, 6.45) is 0. The number of aliphatic hydroxyl groups is 1. The van der Waals surface area contributed by atoms with Crippen LogP contribution in [-0.4, -0.2) is 42.5 Å². The normalized spacial score (nSPS) is 11.4. The van der Waals surface area contributed by atoms with E-state index in [1.807, 2.05) is 0 Å². The highest BCUT2D eigenvalue weighted by Crippen LogP contribution is 2.15. The molecule has 126 valence electrons. The number of ether oxygens (including phenoxy) is 1. The fourth-order valence-corrected chi connectivity index (χ4v) is 2.50. The average Bonchev–Trinajstić information content (AvgIpc) is 3.13.